The van der Waals surface area contributed by atoms with Crippen molar-refractivity contribution in [3.05, 3.63) is 11.6 Å². The molecule has 1 rings (SSSR count). The Labute approximate surface area is 80.3 Å². The summed E-state index contributed by atoms with van der Waals surface area (Å²) in [5.41, 5.74) is 4.07. The number of nitrogens with one attached hydrogen (secondary N) is 1. The van der Waals surface area contributed by atoms with Crippen molar-refractivity contribution >= 4 is 0 Å². The van der Waals surface area contributed by atoms with Crippen LogP contribution in [0.15, 0.2) is 11.6 Å². The molecule has 0 bridgehead atoms. The molecule has 1 aliphatic carbocycles. The van der Waals surface area contributed by atoms with Crippen molar-refractivity contribution in [2.45, 2.75) is 38.8 Å². The number of nitrogens with two attached hydrogens (primary N) is 1. The molecule has 0 aromatic rings. The largest absolute Gasteiger partial charge is 0.379 e. The summed E-state index contributed by atoms with van der Waals surface area (Å²) >= 11 is 0. The zero-order chi connectivity index (χ0) is 9.84. The zero-order valence-corrected chi connectivity index (χ0v) is 8.71. The van der Waals surface area contributed by atoms with E-state index >= 15 is 0 Å². The first-order valence-electron chi connectivity index (χ1n) is 4.83. The topological polar surface area (TPSA) is 47.3 Å². The fraction of sp³-hybridized carbons (Fsp3) is 0.800. The highest BCUT2D eigenvalue weighted by atomic mass is 16.5. The Morgan fingerprint density at radius 1 is 1.54 bits per heavy atom. The van der Waals surface area contributed by atoms with Gasteiger partial charge in [0, 0.05) is 7.11 Å². The van der Waals surface area contributed by atoms with Crippen LogP contribution in [-0.2, 0) is 4.74 Å². The van der Waals surface area contributed by atoms with Gasteiger partial charge in [-0.2, -0.15) is 0 Å². The van der Waals surface area contributed by atoms with Crippen molar-refractivity contribution in [1.29, 1.82) is 0 Å². The molecule has 0 aromatic carbocycles. The van der Waals surface area contributed by atoms with Crippen LogP contribution in [0.5, 0.6) is 0 Å². The minimum Gasteiger partial charge on any atom is -0.379 e. The molecule has 0 heterocycles. The van der Waals surface area contributed by atoms with E-state index in [0.29, 0.717) is 5.92 Å². The van der Waals surface area contributed by atoms with E-state index in [4.69, 9.17) is 10.6 Å². The lowest BCUT2D eigenvalue weighted by Crippen LogP contribution is -2.44. The Hall–Kier alpha value is -0.380. The van der Waals surface area contributed by atoms with Gasteiger partial charge < -0.3 is 4.74 Å². The lowest BCUT2D eigenvalue weighted by molar-refractivity contribution is 0.0642. The van der Waals surface area contributed by atoms with E-state index in [1.54, 1.807) is 7.11 Å². The highest BCUT2D eigenvalue weighted by Gasteiger charge is 2.35. The number of methoxy groups -OCH3 is 1. The molecular weight excluding hydrogens is 164 g/mol. The number of hydrazine groups is 1. The van der Waals surface area contributed by atoms with Gasteiger partial charge in [-0.1, -0.05) is 11.6 Å². The minimum absolute atomic E-state index is 0.155. The second-order valence-electron chi connectivity index (χ2n) is 3.97. The first kappa shape index (κ1) is 10.7. The summed E-state index contributed by atoms with van der Waals surface area (Å²) < 4.78 is 5.44. The van der Waals surface area contributed by atoms with Crippen LogP contribution in [0.1, 0.15) is 26.7 Å². The average Bonchev–Trinajstić information content (AvgIpc) is 2.87. The monoisotopic (exact) mass is 184 g/mol. The summed E-state index contributed by atoms with van der Waals surface area (Å²) in [5, 5.41) is 0. The minimum atomic E-state index is 0.155. The van der Waals surface area contributed by atoms with Crippen LogP contribution >= 0.6 is 0 Å². The van der Waals surface area contributed by atoms with Crippen LogP contribution in [-0.4, -0.2) is 19.3 Å². The second kappa shape index (κ2) is 4.74. The van der Waals surface area contributed by atoms with Gasteiger partial charge in [-0.15, -0.1) is 0 Å². The van der Waals surface area contributed by atoms with Crippen LogP contribution in [0.4, 0.5) is 0 Å². The molecule has 0 aromatic heterocycles. The number of allylic oxidation sites excluding steroid dienone is 1. The lowest BCUT2D eigenvalue weighted by Gasteiger charge is -2.22. The first-order chi connectivity index (χ1) is 6.19. The van der Waals surface area contributed by atoms with E-state index in [1.165, 1.54) is 18.4 Å². The van der Waals surface area contributed by atoms with Crippen LogP contribution in [0.25, 0.3) is 0 Å². The summed E-state index contributed by atoms with van der Waals surface area (Å²) in [7, 11) is 1.76. The number of rotatable bonds is 5. The van der Waals surface area contributed by atoms with Crippen LogP contribution in [0, 0.1) is 5.92 Å². The Kier molecular flexibility index (Phi) is 3.90. The van der Waals surface area contributed by atoms with Crippen LogP contribution < -0.4 is 11.3 Å². The molecule has 1 saturated carbocycles. The van der Waals surface area contributed by atoms with Gasteiger partial charge in [-0.25, -0.2) is 0 Å². The van der Waals surface area contributed by atoms with Crippen molar-refractivity contribution in [2.24, 2.45) is 11.8 Å². The number of ether oxygens (including phenoxy) is 1. The number of hydrogen-bond donors (Lipinski definition) is 2. The third kappa shape index (κ3) is 3.10. The average molecular weight is 184 g/mol. The highest BCUT2D eigenvalue weighted by Crippen LogP contribution is 2.35. The van der Waals surface area contributed by atoms with Gasteiger partial charge in [0.1, 0.15) is 0 Å². The highest BCUT2D eigenvalue weighted by molar-refractivity contribution is 5.06. The fourth-order valence-electron chi connectivity index (χ4n) is 1.65. The molecular formula is C10H20N2O. The molecule has 0 aliphatic heterocycles. The molecule has 76 valence electrons. The van der Waals surface area contributed by atoms with Crippen molar-refractivity contribution in [1.82, 2.24) is 5.43 Å². The Balaban J connectivity index is 2.56. The maximum Gasteiger partial charge on any atom is 0.0801 e. The maximum atomic E-state index is 5.49. The smallest absolute Gasteiger partial charge is 0.0801 e. The zero-order valence-electron chi connectivity index (χ0n) is 8.71. The SMILES string of the molecule is COC(C1CC1)C(C=C(C)C)NN. The molecule has 2 unspecified atom stereocenters. The van der Waals surface area contributed by atoms with Crippen molar-refractivity contribution in [3.63, 3.8) is 0 Å². The second-order valence-corrected chi connectivity index (χ2v) is 3.97. The van der Waals surface area contributed by atoms with Crippen LogP contribution in [0.2, 0.25) is 0 Å². The summed E-state index contributed by atoms with van der Waals surface area (Å²) in [6, 6.07) is 0.155. The van der Waals surface area contributed by atoms with Gasteiger partial charge >= 0.3 is 0 Å². The van der Waals surface area contributed by atoms with E-state index in [9.17, 15) is 0 Å². The Bertz CT molecular complexity index is 183. The third-order valence-corrected chi connectivity index (χ3v) is 2.42. The summed E-state index contributed by atoms with van der Waals surface area (Å²) in [4.78, 5) is 0. The van der Waals surface area contributed by atoms with E-state index in [-0.39, 0.29) is 12.1 Å². The number of hydrogen-bond acceptors (Lipinski definition) is 3. The quantitative estimate of drug-likeness (QED) is 0.383. The van der Waals surface area contributed by atoms with Gasteiger partial charge in [-0.3, -0.25) is 11.3 Å². The molecule has 3 heteroatoms. The van der Waals surface area contributed by atoms with Gasteiger partial charge in [0.25, 0.3) is 0 Å². The maximum absolute atomic E-state index is 5.49. The van der Waals surface area contributed by atoms with Gasteiger partial charge in [0.15, 0.2) is 0 Å². The van der Waals surface area contributed by atoms with E-state index in [1.807, 2.05) is 0 Å². The van der Waals surface area contributed by atoms with Crippen molar-refractivity contribution < 1.29 is 4.74 Å². The standard InChI is InChI=1S/C10H20N2O/c1-7(2)6-9(12-11)10(13-3)8-4-5-8/h6,8-10,12H,4-5,11H2,1-3H3. The molecule has 0 radical (unpaired) electrons. The van der Waals surface area contributed by atoms with Crippen LogP contribution in [0.3, 0.4) is 0 Å². The molecule has 2 atom stereocenters. The predicted octanol–water partition coefficient (Wildman–Crippen LogP) is 1.21. The van der Waals surface area contributed by atoms with Gasteiger partial charge in [0.05, 0.1) is 12.1 Å². The molecule has 0 spiro atoms. The van der Waals surface area contributed by atoms with Gasteiger partial charge in [-0.05, 0) is 32.6 Å². The van der Waals surface area contributed by atoms with Crippen molar-refractivity contribution in [3.8, 4) is 0 Å². The van der Waals surface area contributed by atoms with E-state index in [0.717, 1.165) is 0 Å². The summed E-state index contributed by atoms with van der Waals surface area (Å²) in [5.74, 6) is 6.18. The van der Waals surface area contributed by atoms with E-state index < -0.39 is 0 Å². The molecule has 1 aliphatic rings. The van der Waals surface area contributed by atoms with E-state index in [2.05, 4.69) is 25.3 Å². The normalized spacial score (nSPS) is 20.9. The van der Waals surface area contributed by atoms with Crippen molar-refractivity contribution in [2.75, 3.05) is 7.11 Å². The Morgan fingerprint density at radius 3 is 2.46 bits per heavy atom. The molecule has 3 nitrogen and oxygen atoms in total. The summed E-state index contributed by atoms with van der Waals surface area (Å²) in [6.45, 7) is 4.15. The fourth-order valence-corrected chi connectivity index (χ4v) is 1.65. The lowest BCUT2D eigenvalue weighted by atomic mass is 10.0. The van der Waals surface area contributed by atoms with Gasteiger partial charge in [0.2, 0.25) is 0 Å². The Morgan fingerprint density at radius 2 is 2.15 bits per heavy atom. The first-order valence-corrected chi connectivity index (χ1v) is 4.83. The molecule has 0 amide bonds. The molecule has 13 heavy (non-hydrogen) atoms. The third-order valence-electron chi connectivity index (χ3n) is 2.42. The summed E-state index contributed by atoms with van der Waals surface area (Å²) in [6.07, 6.45) is 4.91. The molecule has 0 saturated heterocycles. The molecule has 3 N–H and O–H groups in total. The predicted molar refractivity (Wildman–Crippen MR) is 54.1 cm³/mol. The molecule has 1 fully saturated rings.